The van der Waals surface area contributed by atoms with Gasteiger partial charge in [0.15, 0.2) is 0 Å². The van der Waals surface area contributed by atoms with E-state index < -0.39 is 17.8 Å². The van der Waals surface area contributed by atoms with Crippen molar-refractivity contribution in [2.45, 2.75) is 31.6 Å². The molecule has 1 saturated carbocycles. The summed E-state index contributed by atoms with van der Waals surface area (Å²) in [6, 6.07) is 3.88. The molecule has 2 N–H and O–H groups in total. The van der Waals surface area contributed by atoms with E-state index in [1.807, 2.05) is 0 Å². The van der Waals surface area contributed by atoms with Crippen LogP contribution in [0.5, 0.6) is 5.88 Å². The Morgan fingerprint density at radius 1 is 1.23 bits per heavy atom. The first-order chi connectivity index (χ1) is 14.7. The fraction of sp³-hybridized carbons (Fsp3) is 0.450. The molecule has 2 fully saturated rings. The van der Waals surface area contributed by atoms with Gasteiger partial charge in [-0.3, -0.25) is 4.79 Å². The number of likely N-dealkylation sites (tertiary alicyclic amines) is 1. The average molecular weight is 435 g/mol. The van der Waals surface area contributed by atoms with Gasteiger partial charge in [-0.05, 0) is 31.0 Å². The average Bonchev–Trinajstić information content (AvgIpc) is 3.25. The summed E-state index contributed by atoms with van der Waals surface area (Å²) in [6.45, 7) is 2.36. The van der Waals surface area contributed by atoms with E-state index in [-0.39, 0.29) is 23.1 Å². The van der Waals surface area contributed by atoms with Crippen LogP contribution in [0.2, 0.25) is 0 Å². The summed E-state index contributed by atoms with van der Waals surface area (Å²) in [5, 5.41) is 9.39. The Balaban J connectivity index is 1.10. The second kappa shape index (κ2) is 6.89. The molecule has 2 aliphatic heterocycles. The van der Waals surface area contributed by atoms with E-state index in [1.54, 1.807) is 9.58 Å². The highest BCUT2D eigenvalue weighted by atomic mass is 19.4. The van der Waals surface area contributed by atoms with Crippen molar-refractivity contribution in [1.82, 2.24) is 20.0 Å². The smallest absolute Gasteiger partial charge is 0.416 e. The van der Waals surface area contributed by atoms with Crippen LogP contribution in [0.25, 0.3) is 0 Å². The van der Waals surface area contributed by atoms with Crippen molar-refractivity contribution in [1.29, 1.82) is 0 Å². The largest absolute Gasteiger partial charge is 0.475 e. The lowest BCUT2D eigenvalue weighted by Crippen LogP contribution is -2.67. The van der Waals surface area contributed by atoms with E-state index in [2.05, 4.69) is 15.7 Å². The molecule has 1 aliphatic carbocycles. The molecule has 3 heterocycles. The van der Waals surface area contributed by atoms with Crippen molar-refractivity contribution in [3.05, 3.63) is 41.6 Å². The molecule has 0 atom stereocenters. The highest BCUT2D eigenvalue weighted by Gasteiger charge is 2.54. The van der Waals surface area contributed by atoms with E-state index in [9.17, 15) is 22.8 Å². The highest BCUT2D eigenvalue weighted by Crippen LogP contribution is 2.49. The number of amides is 3. The summed E-state index contributed by atoms with van der Waals surface area (Å²) in [6.07, 6.45) is -1.50. The third-order valence-corrected chi connectivity index (χ3v) is 6.04. The quantitative estimate of drug-likeness (QED) is 0.776. The molecule has 0 unspecified atom stereocenters. The number of halogens is 3. The first kappa shape index (κ1) is 19.7. The summed E-state index contributed by atoms with van der Waals surface area (Å²) in [5.74, 6) is 0.415. The van der Waals surface area contributed by atoms with Gasteiger partial charge in [0, 0.05) is 30.2 Å². The Kier molecular flexibility index (Phi) is 4.38. The number of carbonyl (C=O) groups excluding carboxylic acids is 2. The number of urea groups is 1. The minimum Gasteiger partial charge on any atom is -0.475 e. The molecule has 11 heteroatoms. The predicted molar refractivity (Wildman–Crippen MR) is 103 cm³/mol. The van der Waals surface area contributed by atoms with Gasteiger partial charge in [0.1, 0.15) is 12.2 Å². The van der Waals surface area contributed by atoms with Crippen LogP contribution >= 0.6 is 0 Å². The van der Waals surface area contributed by atoms with Crippen LogP contribution in [0.15, 0.2) is 30.5 Å². The zero-order chi connectivity index (χ0) is 21.8. The summed E-state index contributed by atoms with van der Waals surface area (Å²) in [4.78, 5) is 26.6. The van der Waals surface area contributed by atoms with Crippen LogP contribution in [-0.4, -0.2) is 52.4 Å². The molecule has 5 rings (SSSR count). The first-order valence-electron chi connectivity index (χ1n) is 9.95. The molecular weight excluding hydrogens is 415 g/mol. The van der Waals surface area contributed by atoms with Crippen molar-refractivity contribution >= 4 is 17.6 Å². The number of alkyl halides is 3. The Hall–Kier alpha value is -3.24. The maximum absolute atomic E-state index is 12.8. The zero-order valence-electron chi connectivity index (χ0n) is 16.4. The van der Waals surface area contributed by atoms with Crippen molar-refractivity contribution < 1.29 is 27.5 Å². The van der Waals surface area contributed by atoms with Gasteiger partial charge in [-0.1, -0.05) is 6.07 Å². The maximum atomic E-state index is 12.8. The number of benzene rings is 1. The monoisotopic (exact) mass is 435 g/mol. The number of aromatic nitrogens is 2. The maximum Gasteiger partial charge on any atom is 0.416 e. The lowest BCUT2D eigenvalue weighted by Gasteiger charge is -2.58. The fourth-order valence-electron chi connectivity index (χ4n) is 4.61. The van der Waals surface area contributed by atoms with E-state index in [4.69, 9.17) is 4.74 Å². The van der Waals surface area contributed by atoms with Crippen LogP contribution in [0.4, 0.5) is 23.7 Å². The molecule has 2 aromatic rings. The third kappa shape index (κ3) is 3.57. The van der Waals surface area contributed by atoms with Gasteiger partial charge in [-0.2, -0.15) is 18.3 Å². The van der Waals surface area contributed by atoms with Crippen LogP contribution in [0.3, 0.4) is 0 Å². The Bertz CT molecular complexity index is 1040. The van der Waals surface area contributed by atoms with Gasteiger partial charge in [0.25, 0.3) is 5.91 Å². The van der Waals surface area contributed by atoms with Crippen molar-refractivity contribution in [2.75, 3.05) is 25.0 Å². The van der Waals surface area contributed by atoms with Gasteiger partial charge in [-0.25, -0.2) is 9.48 Å². The van der Waals surface area contributed by atoms with Gasteiger partial charge in [-0.15, -0.1) is 0 Å². The first-order valence-corrected chi connectivity index (χ1v) is 9.95. The van der Waals surface area contributed by atoms with Crippen molar-refractivity contribution in [3.63, 3.8) is 0 Å². The number of fused-ring (bicyclic) bond motifs is 1. The normalized spacial score (nSPS) is 19.3. The summed E-state index contributed by atoms with van der Waals surface area (Å²) >= 11 is 0. The molecule has 164 valence electrons. The summed E-state index contributed by atoms with van der Waals surface area (Å²) in [7, 11) is 0. The molecular formula is C20H20F3N5O3. The summed E-state index contributed by atoms with van der Waals surface area (Å²) < 4.78 is 45.5. The standard InChI is InChI=1S/C20H20F3N5O3/c21-20(22,23)12-2-1-3-13(6-12)25-18(30)26-14-7-19(8-14)10-27(11-19)16(29)15-9-24-28-4-5-31-17(15)28/h1-3,6,9,14H,4-5,7-8,10-11H2,(H2,25,26,30). The number of anilines is 1. The molecule has 8 nitrogen and oxygen atoms in total. The number of nitrogens with one attached hydrogen (secondary N) is 2. The summed E-state index contributed by atoms with van der Waals surface area (Å²) in [5.41, 5.74) is -0.276. The molecule has 0 bridgehead atoms. The molecule has 0 radical (unpaired) electrons. The second-order valence-electron chi connectivity index (χ2n) is 8.38. The Labute approximate surface area is 175 Å². The highest BCUT2D eigenvalue weighted by molar-refractivity contribution is 5.97. The Morgan fingerprint density at radius 3 is 2.74 bits per heavy atom. The predicted octanol–water partition coefficient (Wildman–Crippen LogP) is 2.72. The molecule has 3 amide bonds. The van der Waals surface area contributed by atoms with Crippen molar-refractivity contribution in [3.8, 4) is 5.88 Å². The van der Waals surface area contributed by atoms with E-state index >= 15 is 0 Å². The molecule has 1 spiro atoms. The van der Waals surface area contributed by atoms with E-state index in [1.165, 1.54) is 18.3 Å². The minimum absolute atomic E-state index is 0.0129. The van der Waals surface area contributed by atoms with Gasteiger partial charge < -0.3 is 20.3 Å². The van der Waals surface area contributed by atoms with Crippen LogP contribution in [0.1, 0.15) is 28.8 Å². The SMILES string of the molecule is O=C(Nc1cccc(C(F)(F)F)c1)NC1CC2(C1)CN(C(=O)c1cnn3c1OCC3)C2. The van der Waals surface area contributed by atoms with Crippen LogP contribution < -0.4 is 15.4 Å². The number of nitrogens with zero attached hydrogens (tertiary/aromatic N) is 3. The number of ether oxygens (including phenoxy) is 1. The van der Waals surface area contributed by atoms with Crippen molar-refractivity contribution in [2.24, 2.45) is 5.41 Å². The molecule has 31 heavy (non-hydrogen) atoms. The van der Waals surface area contributed by atoms with Crippen LogP contribution in [-0.2, 0) is 12.7 Å². The second-order valence-corrected chi connectivity index (χ2v) is 8.38. The fourth-order valence-corrected chi connectivity index (χ4v) is 4.61. The van der Waals surface area contributed by atoms with E-state index in [0.29, 0.717) is 37.7 Å². The van der Waals surface area contributed by atoms with Gasteiger partial charge >= 0.3 is 12.2 Å². The Morgan fingerprint density at radius 2 is 2.00 bits per heavy atom. The van der Waals surface area contributed by atoms with Crippen LogP contribution in [0, 0.1) is 5.41 Å². The number of hydrogen-bond acceptors (Lipinski definition) is 4. The van der Waals surface area contributed by atoms with Gasteiger partial charge in [0.05, 0.1) is 18.3 Å². The molecule has 1 aromatic heterocycles. The minimum atomic E-state index is -4.47. The topological polar surface area (TPSA) is 88.5 Å². The molecule has 1 aromatic carbocycles. The number of carbonyl (C=O) groups is 2. The lowest BCUT2D eigenvalue weighted by molar-refractivity contribution is -0.137. The lowest BCUT2D eigenvalue weighted by atomic mass is 9.60. The molecule has 1 saturated heterocycles. The number of rotatable bonds is 3. The zero-order valence-corrected chi connectivity index (χ0v) is 16.4. The molecule has 3 aliphatic rings. The number of hydrogen-bond donors (Lipinski definition) is 2. The third-order valence-electron chi connectivity index (χ3n) is 6.04. The van der Waals surface area contributed by atoms with E-state index in [0.717, 1.165) is 25.0 Å². The van der Waals surface area contributed by atoms with Gasteiger partial charge in [0.2, 0.25) is 5.88 Å².